The fourth-order valence-electron chi connectivity index (χ4n) is 2.04. The monoisotopic (exact) mass is 313 g/mol. The van der Waals surface area contributed by atoms with Crippen LogP contribution in [0.2, 0.25) is 0 Å². The molecule has 0 aliphatic heterocycles. The van der Waals surface area contributed by atoms with E-state index in [0.717, 1.165) is 32.4 Å². The molecule has 0 aliphatic rings. The largest absolute Gasteiger partial charge is 0.497 e. The first-order valence-corrected chi connectivity index (χ1v) is 6.76. The number of pyridine rings is 1. The highest BCUT2D eigenvalue weighted by molar-refractivity contribution is 9.10. The molecule has 3 rings (SSSR count). The van der Waals surface area contributed by atoms with E-state index in [1.165, 1.54) is 0 Å². The quantitative estimate of drug-likeness (QED) is 0.685. The fraction of sp³-hybridized carbons (Fsp3) is 0.0625. The van der Waals surface area contributed by atoms with Crippen LogP contribution in [-0.2, 0) is 0 Å². The van der Waals surface area contributed by atoms with Gasteiger partial charge in [0.05, 0.1) is 18.3 Å². The number of methoxy groups -OCH3 is 1. The van der Waals surface area contributed by atoms with Crippen LogP contribution < -0.4 is 4.74 Å². The summed E-state index contributed by atoms with van der Waals surface area (Å²) in [5, 5.41) is 1.13. The number of ether oxygens (including phenoxy) is 1. The predicted octanol–water partition coefficient (Wildman–Crippen LogP) is 4.67. The van der Waals surface area contributed by atoms with Crippen molar-refractivity contribution in [2.45, 2.75) is 0 Å². The molecule has 0 spiro atoms. The molecule has 94 valence electrons. The Balaban J connectivity index is 2.12. The minimum Gasteiger partial charge on any atom is -0.497 e. The van der Waals surface area contributed by atoms with Gasteiger partial charge in [-0.25, -0.2) is 4.98 Å². The summed E-state index contributed by atoms with van der Waals surface area (Å²) in [7, 11) is 1.67. The number of benzene rings is 2. The van der Waals surface area contributed by atoms with E-state index >= 15 is 0 Å². The number of aromatic nitrogens is 1. The van der Waals surface area contributed by atoms with Crippen molar-refractivity contribution in [2.24, 2.45) is 0 Å². The molecular formula is C16H12BrNO. The zero-order valence-electron chi connectivity index (χ0n) is 10.4. The molecule has 3 aromatic rings. The van der Waals surface area contributed by atoms with Gasteiger partial charge in [0.15, 0.2) is 0 Å². The maximum Gasteiger partial charge on any atom is 0.119 e. The van der Waals surface area contributed by atoms with Gasteiger partial charge in [0.25, 0.3) is 0 Å². The molecule has 0 amide bonds. The lowest BCUT2D eigenvalue weighted by molar-refractivity contribution is 0.415. The summed E-state index contributed by atoms with van der Waals surface area (Å²) in [4.78, 5) is 4.69. The zero-order valence-corrected chi connectivity index (χ0v) is 12.0. The summed E-state index contributed by atoms with van der Waals surface area (Å²) in [6.07, 6.45) is 0. The predicted molar refractivity (Wildman–Crippen MR) is 81.4 cm³/mol. The van der Waals surface area contributed by atoms with E-state index in [4.69, 9.17) is 4.74 Å². The highest BCUT2D eigenvalue weighted by Crippen LogP contribution is 2.25. The topological polar surface area (TPSA) is 22.1 Å². The van der Waals surface area contributed by atoms with Gasteiger partial charge in [0.1, 0.15) is 5.75 Å². The van der Waals surface area contributed by atoms with Crippen molar-refractivity contribution in [1.82, 2.24) is 4.98 Å². The molecule has 0 radical (unpaired) electrons. The highest BCUT2D eigenvalue weighted by atomic mass is 79.9. The summed E-state index contributed by atoms with van der Waals surface area (Å²) < 4.78 is 6.31. The third-order valence-electron chi connectivity index (χ3n) is 3.02. The molecule has 0 saturated carbocycles. The van der Waals surface area contributed by atoms with Gasteiger partial charge in [-0.1, -0.05) is 34.1 Å². The smallest absolute Gasteiger partial charge is 0.119 e. The Hall–Kier alpha value is -1.87. The van der Waals surface area contributed by atoms with Gasteiger partial charge < -0.3 is 4.74 Å². The average Bonchev–Trinajstić information content (AvgIpc) is 2.46. The molecule has 1 aromatic heterocycles. The second kappa shape index (κ2) is 5.02. The lowest BCUT2D eigenvalue weighted by Crippen LogP contribution is -1.87. The minimum absolute atomic E-state index is 0.843. The number of fused-ring (bicyclic) bond motifs is 1. The third-order valence-corrected chi connectivity index (χ3v) is 3.51. The Morgan fingerprint density at radius 3 is 2.74 bits per heavy atom. The highest BCUT2D eigenvalue weighted by Gasteiger charge is 2.03. The molecule has 0 unspecified atom stereocenters. The van der Waals surface area contributed by atoms with Crippen LogP contribution in [-0.4, -0.2) is 12.1 Å². The number of rotatable bonds is 2. The van der Waals surface area contributed by atoms with Crippen molar-refractivity contribution in [1.29, 1.82) is 0 Å². The summed E-state index contributed by atoms with van der Waals surface area (Å²) >= 11 is 3.47. The van der Waals surface area contributed by atoms with Crippen molar-refractivity contribution < 1.29 is 4.74 Å². The number of hydrogen-bond donors (Lipinski definition) is 0. The zero-order chi connectivity index (χ0) is 13.2. The minimum atomic E-state index is 0.843. The first kappa shape index (κ1) is 12.2. The van der Waals surface area contributed by atoms with E-state index in [0.29, 0.717) is 0 Å². The molecule has 0 bridgehead atoms. The van der Waals surface area contributed by atoms with E-state index in [2.05, 4.69) is 33.0 Å². The van der Waals surface area contributed by atoms with Crippen LogP contribution in [0.5, 0.6) is 5.75 Å². The van der Waals surface area contributed by atoms with Crippen molar-refractivity contribution in [3.05, 3.63) is 59.1 Å². The van der Waals surface area contributed by atoms with E-state index < -0.39 is 0 Å². The second-order valence-corrected chi connectivity index (χ2v) is 5.18. The van der Waals surface area contributed by atoms with Crippen molar-refractivity contribution in [3.63, 3.8) is 0 Å². The van der Waals surface area contributed by atoms with Gasteiger partial charge in [-0.2, -0.15) is 0 Å². The Bertz CT molecular complexity index is 740. The maximum atomic E-state index is 5.25. The van der Waals surface area contributed by atoms with Crippen LogP contribution in [0.25, 0.3) is 22.2 Å². The van der Waals surface area contributed by atoms with Crippen LogP contribution in [0.15, 0.2) is 59.1 Å². The lowest BCUT2D eigenvalue weighted by Gasteiger charge is -2.05. The molecule has 19 heavy (non-hydrogen) atoms. The molecule has 0 saturated heterocycles. The molecular weight excluding hydrogens is 302 g/mol. The number of hydrogen-bond acceptors (Lipinski definition) is 2. The van der Waals surface area contributed by atoms with Crippen LogP contribution >= 0.6 is 15.9 Å². The summed E-state index contributed by atoms with van der Waals surface area (Å²) in [5.41, 5.74) is 3.00. The van der Waals surface area contributed by atoms with Crippen LogP contribution in [0.1, 0.15) is 0 Å². The Labute approximate surface area is 120 Å². The van der Waals surface area contributed by atoms with E-state index in [-0.39, 0.29) is 0 Å². The van der Waals surface area contributed by atoms with Crippen LogP contribution in [0.4, 0.5) is 0 Å². The van der Waals surface area contributed by atoms with Crippen molar-refractivity contribution in [2.75, 3.05) is 7.11 Å². The van der Waals surface area contributed by atoms with E-state index in [1.807, 2.05) is 42.5 Å². The second-order valence-electron chi connectivity index (χ2n) is 4.27. The molecule has 0 fully saturated rings. The van der Waals surface area contributed by atoms with Gasteiger partial charge in [-0.3, -0.25) is 0 Å². The molecule has 1 heterocycles. The fourth-order valence-corrected chi connectivity index (χ4v) is 2.42. The van der Waals surface area contributed by atoms with E-state index in [1.54, 1.807) is 7.11 Å². The normalized spacial score (nSPS) is 10.6. The van der Waals surface area contributed by atoms with Crippen LogP contribution in [0.3, 0.4) is 0 Å². The van der Waals surface area contributed by atoms with Gasteiger partial charge in [0, 0.05) is 15.4 Å². The summed E-state index contributed by atoms with van der Waals surface area (Å²) in [6, 6.07) is 18.1. The van der Waals surface area contributed by atoms with Gasteiger partial charge in [-0.15, -0.1) is 0 Å². The Morgan fingerprint density at radius 1 is 1.00 bits per heavy atom. The number of halogens is 1. The van der Waals surface area contributed by atoms with E-state index in [9.17, 15) is 0 Å². The van der Waals surface area contributed by atoms with Gasteiger partial charge >= 0.3 is 0 Å². The standard InChI is InChI=1S/C16H12BrNO/c1-19-14-4-2-3-11(10-14)15-7-5-12-9-13(17)6-8-16(12)18-15/h2-10H,1H3. The average molecular weight is 314 g/mol. The molecule has 0 atom stereocenters. The molecule has 2 nitrogen and oxygen atoms in total. The maximum absolute atomic E-state index is 5.25. The Morgan fingerprint density at radius 2 is 1.89 bits per heavy atom. The first-order valence-electron chi connectivity index (χ1n) is 5.97. The molecule has 0 N–H and O–H groups in total. The number of nitrogens with zero attached hydrogens (tertiary/aromatic N) is 1. The summed E-state index contributed by atoms with van der Waals surface area (Å²) in [5.74, 6) is 0.843. The van der Waals surface area contributed by atoms with Gasteiger partial charge in [0.2, 0.25) is 0 Å². The summed E-state index contributed by atoms with van der Waals surface area (Å²) in [6.45, 7) is 0. The first-order chi connectivity index (χ1) is 9.26. The Kier molecular flexibility index (Phi) is 3.22. The van der Waals surface area contributed by atoms with Crippen LogP contribution in [0, 0.1) is 0 Å². The van der Waals surface area contributed by atoms with Crippen molar-refractivity contribution >= 4 is 26.8 Å². The molecule has 0 aliphatic carbocycles. The lowest BCUT2D eigenvalue weighted by atomic mass is 10.1. The van der Waals surface area contributed by atoms with Crippen molar-refractivity contribution in [3.8, 4) is 17.0 Å². The van der Waals surface area contributed by atoms with Gasteiger partial charge in [-0.05, 0) is 36.4 Å². The third kappa shape index (κ3) is 2.47. The molecule has 3 heteroatoms. The molecule has 2 aromatic carbocycles. The SMILES string of the molecule is COc1cccc(-c2ccc3cc(Br)ccc3n2)c1.